The Hall–Kier alpha value is -2.77. The first-order chi connectivity index (χ1) is 13.6. The zero-order valence-corrected chi connectivity index (χ0v) is 16.1. The lowest BCUT2D eigenvalue weighted by Gasteiger charge is -2.13. The molecule has 1 aliphatic rings. The molecule has 0 aliphatic heterocycles. The third-order valence-electron chi connectivity index (χ3n) is 5.32. The summed E-state index contributed by atoms with van der Waals surface area (Å²) in [6.45, 7) is 0. The van der Waals surface area contributed by atoms with Gasteiger partial charge < -0.3 is 4.57 Å². The first kappa shape index (κ1) is 16.2. The molecule has 0 unspecified atom stereocenters. The molecule has 28 heavy (non-hydrogen) atoms. The highest BCUT2D eigenvalue weighted by Gasteiger charge is 2.29. The summed E-state index contributed by atoms with van der Waals surface area (Å²) in [5, 5.41) is 1.48. The number of thiophene rings is 1. The third kappa shape index (κ3) is 2.20. The van der Waals surface area contributed by atoms with Crippen molar-refractivity contribution in [3.63, 3.8) is 0 Å². The minimum atomic E-state index is -0.440. The second-order valence-corrected chi connectivity index (χ2v) is 9.02. The van der Waals surface area contributed by atoms with Crippen LogP contribution in [0.25, 0.3) is 41.6 Å². The highest BCUT2D eigenvalue weighted by molar-refractivity contribution is 7.22. The summed E-state index contributed by atoms with van der Waals surface area (Å²) in [5.41, 5.74) is 0.398. The molecule has 0 bridgehead atoms. The van der Waals surface area contributed by atoms with Crippen LogP contribution in [0.4, 0.5) is 4.39 Å². The number of fused-ring (bicyclic) bond motifs is 3. The Kier molecular flexibility index (Phi) is 3.25. The van der Waals surface area contributed by atoms with E-state index in [1.54, 1.807) is 6.07 Å². The predicted octanol–water partition coefficient (Wildman–Crippen LogP) is 5.26. The zero-order chi connectivity index (χ0) is 19.0. The van der Waals surface area contributed by atoms with Gasteiger partial charge in [0, 0.05) is 26.6 Å². The molecule has 1 saturated carbocycles. The SMILES string of the molecule is O=c1[nH]sc2c1c(=O)c1cc(F)c(-c3cc4ccccc4s3)cc1n2C1CC1. The monoisotopic (exact) mass is 408 g/mol. The number of nitrogens with one attached hydrogen (secondary N) is 1. The highest BCUT2D eigenvalue weighted by Crippen LogP contribution is 2.42. The van der Waals surface area contributed by atoms with Gasteiger partial charge in [-0.2, -0.15) is 0 Å². The van der Waals surface area contributed by atoms with Gasteiger partial charge in [0.15, 0.2) is 0 Å². The summed E-state index contributed by atoms with van der Waals surface area (Å²) in [4.78, 5) is 26.6. The Balaban J connectivity index is 1.74. The number of nitrogens with zero attached hydrogens (tertiary/aromatic N) is 1. The fraction of sp³-hybridized carbons (Fsp3) is 0.143. The van der Waals surface area contributed by atoms with Gasteiger partial charge in [-0.15, -0.1) is 11.3 Å². The number of H-pyrrole nitrogens is 1. The maximum Gasteiger partial charge on any atom is 0.271 e. The minimum absolute atomic E-state index is 0.137. The van der Waals surface area contributed by atoms with Crippen molar-refractivity contribution >= 4 is 54.1 Å². The summed E-state index contributed by atoms with van der Waals surface area (Å²) < 4.78 is 20.9. The van der Waals surface area contributed by atoms with Gasteiger partial charge in [-0.05, 0) is 54.0 Å². The molecule has 138 valence electrons. The van der Waals surface area contributed by atoms with Gasteiger partial charge in [0.2, 0.25) is 5.43 Å². The van der Waals surface area contributed by atoms with E-state index in [-0.39, 0.29) is 16.8 Å². The standard InChI is InChI=1S/C21H13FN2O2S2/c22-14-8-13-15(9-12(14)17-7-10-3-1-2-4-16(10)27-17)24(11-5-6-11)21-18(19(13)25)20(26)23-28-21/h1-4,7-9,11H,5-6H2,(H,23,26). The third-order valence-corrected chi connectivity index (χ3v) is 7.35. The van der Waals surface area contributed by atoms with Crippen LogP contribution in [-0.2, 0) is 0 Å². The van der Waals surface area contributed by atoms with Gasteiger partial charge in [-0.3, -0.25) is 14.0 Å². The van der Waals surface area contributed by atoms with Crippen LogP contribution in [0.5, 0.6) is 0 Å². The molecule has 0 spiro atoms. The molecule has 0 radical (unpaired) electrons. The van der Waals surface area contributed by atoms with E-state index in [9.17, 15) is 9.59 Å². The second-order valence-electron chi connectivity index (χ2n) is 7.14. The molecule has 2 aromatic carbocycles. The van der Waals surface area contributed by atoms with E-state index in [4.69, 9.17) is 0 Å². The quantitative estimate of drug-likeness (QED) is 0.433. The Morgan fingerprint density at radius 1 is 1.11 bits per heavy atom. The van der Waals surface area contributed by atoms with E-state index in [0.29, 0.717) is 15.9 Å². The molecule has 3 heterocycles. The summed E-state index contributed by atoms with van der Waals surface area (Å²) in [6.07, 6.45) is 1.99. The van der Waals surface area contributed by atoms with E-state index >= 15 is 4.39 Å². The maximum atomic E-state index is 15.1. The second kappa shape index (κ2) is 5.62. The van der Waals surface area contributed by atoms with Crippen LogP contribution in [0.15, 0.2) is 52.1 Å². The summed E-state index contributed by atoms with van der Waals surface area (Å²) in [5.74, 6) is -0.440. The van der Waals surface area contributed by atoms with Crippen LogP contribution in [0, 0.1) is 5.82 Å². The van der Waals surface area contributed by atoms with E-state index in [0.717, 1.165) is 27.8 Å². The van der Waals surface area contributed by atoms with E-state index in [2.05, 4.69) is 4.37 Å². The first-order valence-electron chi connectivity index (χ1n) is 9.00. The summed E-state index contributed by atoms with van der Waals surface area (Å²) >= 11 is 2.72. The summed E-state index contributed by atoms with van der Waals surface area (Å²) in [6, 6.07) is 13.3. The molecule has 7 heteroatoms. The zero-order valence-electron chi connectivity index (χ0n) is 14.5. The topological polar surface area (TPSA) is 54.9 Å². The summed E-state index contributed by atoms with van der Waals surface area (Å²) in [7, 11) is 0. The van der Waals surface area contributed by atoms with Crippen LogP contribution in [0.3, 0.4) is 0 Å². The maximum absolute atomic E-state index is 15.1. The Morgan fingerprint density at radius 3 is 2.71 bits per heavy atom. The molecule has 0 atom stereocenters. The molecular formula is C21H13FN2O2S2. The lowest BCUT2D eigenvalue weighted by molar-refractivity contribution is 0.633. The van der Waals surface area contributed by atoms with E-state index in [1.807, 2.05) is 34.9 Å². The van der Waals surface area contributed by atoms with Crippen molar-refractivity contribution in [2.75, 3.05) is 0 Å². The molecule has 3 aromatic heterocycles. The number of pyridine rings is 1. The number of benzene rings is 2. The average molecular weight is 408 g/mol. The van der Waals surface area contributed by atoms with Crippen molar-refractivity contribution in [1.29, 1.82) is 0 Å². The Morgan fingerprint density at radius 2 is 1.93 bits per heavy atom. The minimum Gasteiger partial charge on any atom is -0.328 e. The fourth-order valence-corrected chi connectivity index (χ4v) is 5.85. The van der Waals surface area contributed by atoms with Crippen molar-refractivity contribution in [3.05, 3.63) is 68.9 Å². The van der Waals surface area contributed by atoms with Crippen LogP contribution in [0.2, 0.25) is 0 Å². The van der Waals surface area contributed by atoms with Gasteiger partial charge in [0.05, 0.1) is 5.52 Å². The van der Waals surface area contributed by atoms with Gasteiger partial charge >= 0.3 is 0 Å². The number of aromatic nitrogens is 2. The van der Waals surface area contributed by atoms with Crippen molar-refractivity contribution in [2.24, 2.45) is 0 Å². The van der Waals surface area contributed by atoms with Gasteiger partial charge in [0.1, 0.15) is 16.0 Å². The van der Waals surface area contributed by atoms with Crippen LogP contribution < -0.4 is 11.0 Å². The van der Waals surface area contributed by atoms with Crippen molar-refractivity contribution < 1.29 is 4.39 Å². The number of hydrogen-bond donors (Lipinski definition) is 1. The lowest BCUT2D eigenvalue weighted by Crippen LogP contribution is -2.15. The largest absolute Gasteiger partial charge is 0.328 e. The number of aromatic amines is 1. The number of hydrogen-bond acceptors (Lipinski definition) is 4. The average Bonchev–Trinajstić information content (AvgIpc) is 3.31. The van der Waals surface area contributed by atoms with Crippen molar-refractivity contribution in [3.8, 4) is 10.4 Å². The molecule has 0 saturated heterocycles. The van der Waals surface area contributed by atoms with E-state index < -0.39 is 16.8 Å². The Labute approximate surface area is 165 Å². The highest BCUT2D eigenvalue weighted by atomic mass is 32.1. The van der Waals surface area contributed by atoms with Crippen LogP contribution in [0.1, 0.15) is 18.9 Å². The van der Waals surface area contributed by atoms with Crippen LogP contribution in [-0.4, -0.2) is 8.94 Å². The lowest BCUT2D eigenvalue weighted by atomic mass is 10.1. The molecule has 5 aromatic rings. The molecule has 6 rings (SSSR count). The Bertz CT molecular complexity index is 1500. The molecule has 1 aliphatic carbocycles. The smallest absolute Gasteiger partial charge is 0.271 e. The normalized spacial score (nSPS) is 14.5. The van der Waals surface area contributed by atoms with Crippen LogP contribution >= 0.6 is 22.9 Å². The first-order valence-corrected chi connectivity index (χ1v) is 10.6. The number of rotatable bonds is 2. The van der Waals surface area contributed by atoms with Crippen molar-refractivity contribution in [2.45, 2.75) is 18.9 Å². The van der Waals surface area contributed by atoms with Gasteiger partial charge in [-0.1, -0.05) is 18.2 Å². The van der Waals surface area contributed by atoms with Gasteiger partial charge in [-0.25, -0.2) is 4.39 Å². The fourth-order valence-electron chi connectivity index (χ4n) is 3.85. The molecule has 4 nitrogen and oxygen atoms in total. The van der Waals surface area contributed by atoms with Crippen molar-refractivity contribution in [1.82, 2.24) is 8.94 Å². The molecule has 1 fully saturated rings. The van der Waals surface area contributed by atoms with Gasteiger partial charge in [0.25, 0.3) is 5.56 Å². The predicted molar refractivity (Wildman–Crippen MR) is 113 cm³/mol. The molecular weight excluding hydrogens is 395 g/mol. The molecule has 1 N–H and O–H groups in total. The number of halogens is 1. The molecule has 0 amide bonds. The van der Waals surface area contributed by atoms with E-state index in [1.165, 1.54) is 28.9 Å².